The van der Waals surface area contributed by atoms with Crippen LogP contribution in [0.1, 0.15) is 36.5 Å². The topological polar surface area (TPSA) is 92.7 Å². The molecule has 2 rings (SSSR count). The van der Waals surface area contributed by atoms with E-state index in [2.05, 4.69) is 4.72 Å². The van der Waals surface area contributed by atoms with Gasteiger partial charge in [-0.3, -0.25) is 0 Å². The Labute approximate surface area is 128 Å². The Morgan fingerprint density at radius 3 is 2.48 bits per heavy atom. The number of sulfonamides is 1. The smallest absolute Gasteiger partial charge is 0.339 e. The van der Waals surface area contributed by atoms with Gasteiger partial charge in [0.25, 0.3) is 0 Å². The molecule has 6 nitrogen and oxygen atoms in total. The van der Waals surface area contributed by atoms with Crippen LogP contribution in [0.5, 0.6) is 5.75 Å². The molecule has 1 aromatic carbocycles. The van der Waals surface area contributed by atoms with E-state index < -0.39 is 21.5 Å². The Morgan fingerprint density at radius 1 is 1.43 bits per heavy atom. The maximum Gasteiger partial charge on any atom is 0.339 e. The van der Waals surface area contributed by atoms with E-state index in [9.17, 15) is 13.2 Å². The predicted octanol–water partition coefficient (Wildman–Crippen LogP) is 2.27. The van der Waals surface area contributed by atoms with Crippen LogP contribution in [0.25, 0.3) is 0 Å². The molecule has 0 bridgehead atoms. The molecule has 1 fully saturated rings. The summed E-state index contributed by atoms with van der Waals surface area (Å²) >= 11 is 5.84. The SMILES string of the molecule is COc1c(C(=O)O)cc(Cl)cc1S(=O)(=O)NC1(C)CCC1. The first-order chi connectivity index (χ1) is 9.68. The molecular formula is C13H16ClNO5S. The van der Waals surface area contributed by atoms with E-state index in [-0.39, 0.29) is 21.2 Å². The summed E-state index contributed by atoms with van der Waals surface area (Å²) in [6.45, 7) is 1.81. The van der Waals surface area contributed by atoms with Crippen LogP contribution in [0.4, 0.5) is 0 Å². The lowest BCUT2D eigenvalue weighted by Crippen LogP contribution is -2.50. The number of carboxylic acids is 1. The van der Waals surface area contributed by atoms with Gasteiger partial charge in [0.05, 0.1) is 7.11 Å². The fourth-order valence-electron chi connectivity index (χ4n) is 2.33. The maximum absolute atomic E-state index is 12.5. The van der Waals surface area contributed by atoms with Crippen molar-refractivity contribution in [1.29, 1.82) is 0 Å². The third-order valence-corrected chi connectivity index (χ3v) is 5.44. The number of rotatable bonds is 5. The van der Waals surface area contributed by atoms with E-state index in [4.69, 9.17) is 21.4 Å². The number of ether oxygens (including phenoxy) is 1. The first kappa shape index (κ1) is 16.1. The van der Waals surface area contributed by atoms with Gasteiger partial charge < -0.3 is 9.84 Å². The minimum absolute atomic E-state index is 0.0207. The Hall–Kier alpha value is -1.31. The summed E-state index contributed by atoms with van der Waals surface area (Å²) in [7, 11) is -2.70. The summed E-state index contributed by atoms with van der Waals surface area (Å²) < 4.78 is 32.6. The summed E-state index contributed by atoms with van der Waals surface area (Å²) in [5, 5.41) is 9.17. The Kier molecular flexibility index (Phi) is 4.19. The van der Waals surface area contributed by atoms with Crippen LogP contribution in [0.2, 0.25) is 5.02 Å². The van der Waals surface area contributed by atoms with Crippen LogP contribution in [-0.2, 0) is 10.0 Å². The Morgan fingerprint density at radius 2 is 2.05 bits per heavy atom. The molecule has 0 aromatic heterocycles. The second-order valence-electron chi connectivity index (χ2n) is 5.31. The normalized spacial score (nSPS) is 17.1. The molecule has 0 spiro atoms. The van der Waals surface area contributed by atoms with Gasteiger partial charge >= 0.3 is 5.97 Å². The zero-order valence-corrected chi connectivity index (χ0v) is 13.2. The molecule has 2 N–H and O–H groups in total. The number of hydrogen-bond donors (Lipinski definition) is 2. The van der Waals surface area contributed by atoms with E-state index in [1.165, 1.54) is 13.2 Å². The molecular weight excluding hydrogens is 318 g/mol. The number of nitrogens with one attached hydrogen (secondary N) is 1. The number of carbonyl (C=O) groups is 1. The molecule has 0 radical (unpaired) electrons. The first-order valence-corrected chi connectivity index (χ1v) is 8.19. The van der Waals surface area contributed by atoms with E-state index in [0.717, 1.165) is 25.3 Å². The fourth-order valence-corrected chi connectivity index (χ4v) is 4.29. The van der Waals surface area contributed by atoms with E-state index in [1.54, 1.807) is 0 Å². The predicted molar refractivity (Wildman–Crippen MR) is 77.5 cm³/mol. The molecule has 0 unspecified atom stereocenters. The molecule has 0 aliphatic heterocycles. The summed E-state index contributed by atoms with van der Waals surface area (Å²) in [4.78, 5) is 10.9. The van der Waals surface area contributed by atoms with E-state index in [0.29, 0.717) is 0 Å². The lowest BCUT2D eigenvalue weighted by Gasteiger charge is -2.38. The summed E-state index contributed by atoms with van der Waals surface area (Å²) in [5.41, 5.74) is -0.792. The van der Waals surface area contributed by atoms with Crippen molar-refractivity contribution in [2.24, 2.45) is 0 Å². The molecule has 1 aliphatic rings. The minimum atomic E-state index is -3.92. The second kappa shape index (κ2) is 5.47. The van der Waals surface area contributed by atoms with Gasteiger partial charge in [-0.25, -0.2) is 17.9 Å². The molecule has 21 heavy (non-hydrogen) atoms. The number of benzene rings is 1. The number of methoxy groups -OCH3 is 1. The number of aromatic carboxylic acids is 1. The Bertz CT molecular complexity index is 682. The third-order valence-electron chi connectivity index (χ3n) is 3.58. The summed E-state index contributed by atoms with van der Waals surface area (Å²) in [5.74, 6) is -1.53. The molecule has 0 heterocycles. The van der Waals surface area contributed by atoms with Crippen molar-refractivity contribution in [3.63, 3.8) is 0 Å². The van der Waals surface area contributed by atoms with Gasteiger partial charge in [-0.05, 0) is 38.3 Å². The van der Waals surface area contributed by atoms with E-state index in [1.807, 2.05) is 6.92 Å². The van der Waals surface area contributed by atoms with Crippen molar-refractivity contribution in [3.8, 4) is 5.75 Å². The average Bonchev–Trinajstić information content (AvgIpc) is 2.35. The van der Waals surface area contributed by atoms with Crippen LogP contribution in [-0.4, -0.2) is 32.1 Å². The van der Waals surface area contributed by atoms with Crippen molar-refractivity contribution in [2.45, 2.75) is 36.6 Å². The monoisotopic (exact) mass is 333 g/mol. The Balaban J connectivity index is 2.54. The number of halogens is 1. The lowest BCUT2D eigenvalue weighted by molar-refractivity contribution is 0.0693. The van der Waals surface area contributed by atoms with Gasteiger partial charge in [-0.2, -0.15) is 0 Å². The second-order valence-corrected chi connectivity index (χ2v) is 7.40. The van der Waals surface area contributed by atoms with Gasteiger partial charge in [-0.1, -0.05) is 11.6 Å². The van der Waals surface area contributed by atoms with Crippen molar-refractivity contribution in [1.82, 2.24) is 4.72 Å². The number of hydrogen-bond acceptors (Lipinski definition) is 4. The fraction of sp³-hybridized carbons (Fsp3) is 0.462. The highest BCUT2D eigenvalue weighted by Gasteiger charge is 2.38. The largest absolute Gasteiger partial charge is 0.494 e. The molecule has 1 aliphatic carbocycles. The van der Waals surface area contributed by atoms with Crippen LogP contribution < -0.4 is 9.46 Å². The summed E-state index contributed by atoms with van der Waals surface area (Å²) in [6.07, 6.45) is 2.42. The molecule has 0 saturated heterocycles. The first-order valence-electron chi connectivity index (χ1n) is 6.33. The van der Waals surface area contributed by atoms with Gasteiger partial charge in [-0.15, -0.1) is 0 Å². The van der Waals surface area contributed by atoms with Crippen LogP contribution in [0.15, 0.2) is 17.0 Å². The van der Waals surface area contributed by atoms with Gasteiger partial charge in [0.2, 0.25) is 10.0 Å². The van der Waals surface area contributed by atoms with Gasteiger partial charge in [0, 0.05) is 10.6 Å². The zero-order chi connectivity index (χ0) is 15.8. The van der Waals surface area contributed by atoms with E-state index >= 15 is 0 Å². The van der Waals surface area contributed by atoms with Crippen molar-refractivity contribution in [2.75, 3.05) is 7.11 Å². The van der Waals surface area contributed by atoms with Gasteiger partial charge in [0.15, 0.2) is 5.75 Å². The molecule has 0 atom stereocenters. The molecule has 1 aromatic rings. The maximum atomic E-state index is 12.5. The number of carboxylic acid groups (broad SMARTS) is 1. The minimum Gasteiger partial charge on any atom is -0.494 e. The molecule has 0 amide bonds. The molecule has 116 valence electrons. The van der Waals surface area contributed by atoms with Crippen molar-refractivity contribution >= 4 is 27.6 Å². The molecule has 8 heteroatoms. The summed E-state index contributed by atoms with van der Waals surface area (Å²) in [6, 6.07) is 2.35. The molecule has 1 saturated carbocycles. The highest BCUT2D eigenvalue weighted by Crippen LogP contribution is 2.36. The zero-order valence-electron chi connectivity index (χ0n) is 11.6. The highest BCUT2D eigenvalue weighted by molar-refractivity contribution is 7.89. The van der Waals surface area contributed by atoms with Crippen molar-refractivity contribution < 1.29 is 23.1 Å². The highest BCUT2D eigenvalue weighted by atomic mass is 35.5. The van der Waals surface area contributed by atoms with Crippen LogP contribution >= 0.6 is 11.6 Å². The van der Waals surface area contributed by atoms with Gasteiger partial charge in [0.1, 0.15) is 10.5 Å². The quantitative estimate of drug-likeness (QED) is 0.862. The van der Waals surface area contributed by atoms with Crippen LogP contribution in [0, 0.1) is 0 Å². The third kappa shape index (κ3) is 3.14. The average molecular weight is 334 g/mol. The van der Waals surface area contributed by atoms with Crippen molar-refractivity contribution in [3.05, 3.63) is 22.7 Å². The standard InChI is InChI=1S/C13H16ClNO5S/c1-13(4-3-5-13)15-21(18,19)10-7-8(14)6-9(12(16)17)11(10)20-2/h6-7,15H,3-5H2,1-2H3,(H,16,17). The van der Waals surface area contributed by atoms with Crippen LogP contribution in [0.3, 0.4) is 0 Å². The lowest BCUT2D eigenvalue weighted by atomic mass is 9.80.